The molecule has 2 rings (SSSR count). The van der Waals surface area contributed by atoms with Gasteiger partial charge < -0.3 is 5.32 Å². The van der Waals surface area contributed by atoms with Crippen LogP contribution in [0.25, 0.3) is 0 Å². The summed E-state index contributed by atoms with van der Waals surface area (Å²) in [6.45, 7) is 5.16. The van der Waals surface area contributed by atoms with E-state index in [0.29, 0.717) is 6.04 Å². The highest BCUT2D eigenvalue weighted by Crippen LogP contribution is 2.21. The van der Waals surface area contributed by atoms with E-state index >= 15 is 0 Å². The van der Waals surface area contributed by atoms with E-state index in [4.69, 9.17) is 11.6 Å². The van der Waals surface area contributed by atoms with Crippen LogP contribution in [0.1, 0.15) is 36.1 Å². The number of rotatable bonds is 5. The molecule has 0 saturated carbocycles. The fraction of sp³-hybridized carbons (Fsp3) is 0.294. The van der Waals surface area contributed by atoms with Gasteiger partial charge in [-0.3, -0.25) is 0 Å². The summed E-state index contributed by atoms with van der Waals surface area (Å²) in [6, 6.07) is 14.9. The van der Waals surface area contributed by atoms with Crippen LogP contribution in [0.2, 0.25) is 5.02 Å². The summed E-state index contributed by atoms with van der Waals surface area (Å²) in [7, 11) is 0. The Hall–Kier alpha value is -0.830. The lowest BCUT2D eigenvalue weighted by molar-refractivity contribution is 0.518. The Balaban J connectivity index is 2.05. The van der Waals surface area contributed by atoms with Crippen molar-refractivity contribution >= 4 is 27.5 Å². The molecule has 2 aromatic carbocycles. The standard InChI is InChI=1S/C17H19BrClN/c1-3-17(13-4-7-15(18)8-5-13)20-11-14-6-9-16(19)10-12(14)2/h4-10,17,20H,3,11H2,1-2H3. The molecule has 0 heterocycles. The Kier molecular flexibility index (Phi) is 5.64. The second-order valence-electron chi connectivity index (χ2n) is 4.96. The van der Waals surface area contributed by atoms with Crippen LogP contribution in [0.5, 0.6) is 0 Å². The van der Waals surface area contributed by atoms with Gasteiger partial charge in [-0.2, -0.15) is 0 Å². The SMILES string of the molecule is CCC(NCc1ccc(Cl)cc1C)c1ccc(Br)cc1. The third kappa shape index (κ3) is 4.08. The maximum Gasteiger partial charge on any atom is 0.0408 e. The van der Waals surface area contributed by atoms with E-state index < -0.39 is 0 Å². The Morgan fingerprint density at radius 2 is 1.85 bits per heavy atom. The van der Waals surface area contributed by atoms with Crippen molar-refractivity contribution in [3.8, 4) is 0 Å². The van der Waals surface area contributed by atoms with Crippen molar-refractivity contribution in [3.05, 3.63) is 68.7 Å². The summed E-state index contributed by atoms with van der Waals surface area (Å²) in [5, 5.41) is 4.42. The smallest absolute Gasteiger partial charge is 0.0408 e. The van der Waals surface area contributed by atoms with Crippen LogP contribution in [0.15, 0.2) is 46.9 Å². The molecule has 0 aromatic heterocycles. The number of halogens is 2. The van der Waals surface area contributed by atoms with Gasteiger partial charge >= 0.3 is 0 Å². The summed E-state index contributed by atoms with van der Waals surface area (Å²) in [6.07, 6.45) is 1.06. The predicted molar refractivity (Wildman–Crippen MR) is 90.2 cm³/mol. The van der Waals surface area contributed by atoms with Crippen molar-refractivity contribution in [3.63, 3.8) is 0 Å². The lowest BCUT2D eigenvalue weighted by Crippen LogP contribution is -2.20. The van der Waals surface area contributed by atoms with Crippen molar-refractivity contribution in [1.82, 2.24) is 5.32 Å². The van der Waals surface area contributed by atoms with Crippen LogP contribution in [0.3, 0.4) is 0 Å². The summed E-state index contributed by atoms with van der Waals surface area (Å²) in [4.78, 5) is 0. The number of benzene rings is 2. The van der Waals surface area contributed by atoms with Gasteiger partial charge in [-0.25, -0.2) is 0 Å². The number of hydrogen-bond donors (Lipinski definition) is 1. The van der Waals surface area contributed by atoms with E-state index in [2.05, 4.69) is 65.4 Å². The highest BCUT2D eigenvalue weighted by molar-refractivity contribution is 9.10. The predicted octanol–water partition coefficient (Wildman–Crippen LogP) is 5.65. The second-order valence-corrected chi connectivity index (χ2v) is 6.32. The first kappa shape index (κ1) is 15.6. The normalized spacial score (nSPS) is 12.4. The molecule has 1 nitrogen and oxygen atoms in total. The van der Waals surface area contributed by atoms with Gasteiger partial charge in [0.2, 0.25) is 0 Å². The zero-order valence-corrected chi connectivity index (χ0v) is 14.1. The third-order valence-electron chi connectivity index (χ3n) is 3.52. The van der Waals surface area contributed by atoms with E-state index in [1.165, 1.54) is 16.7 Å². The molecule has 0 aliphatic heterocycles. The first-order chi connectivity index (χ1) is 9.60. The van der Waals surface area contributed by atoms with Gasteiger partial charge in [0.25, 0.3) is 0 Å². The van der Waals surface area contributed by atoms with E-state index in [0.717, 1.165) is 22.5 Å². The maximum absolute atomic E-state index is 5.99. The third-order valence-corrected chi connectivity index (χ3v) is 4.29. The number of hydrogen-bond acceptors (Lipinski definition) is 1. The largest absolute Gasteiger partial charge is 0.306 e. The average Bonchev–Trinajstić information content (AvgIpc) is 2.43. The molecule has 0 radical (unpaired) electrons. The average molecular weight is 353 g/mol. The molecule has 0 amide bonds. The lowest BCUT2D eigenvalue weighted by atomic mass is 10.0. The van der Waals surface area contributed by atoms with E-state index in [9.17, 15) is 0 Å². The molecular formula is C17H19BrClN. The van der Waals surface area contributed by atoms with Gasteiger partial charge in [0.1, 0.15) is 0 Å². The molecule has 1 N–H and O–H groups in total. The minimum absolute atomic E-state index is 0.373. The summed E-state index contributed by atoms with van der Waals surface area (Å²) in [5.74, 6) is 0. The minimum Gasteiger partial charge on any atom is -0.306 e. The van der Waals surface area contributed by atoms with Crippen molar-refractivity contribution in [1.29, 1.82) is 0 Å². The van der Waals surface area contributed by atoms with E-state index in [1.54, 1.807) is 0 Å². The summed E-state index contributed by atoms with van der Waals surface area (Å²) in [5.41, 5.74) is 3.85. The highest BCUT2D eigenvalue weighted by Gasteiger charge is 2.09. The Morgan fingerprint density at radius 3 is 2.45 bits per heavy atom. The van der Waals surface area contributed by atoms with Crippen molar-refractivity contribution in [2.45, 2.75) is 32.9 Å². The van der Waals surface area contributed by atoms with E-state index in [1.807, 2.05) is 12.1 Å². The molecule has 1 atom stereocenters. The van der Waals surface area contributed by atoms with Crippen LogP contribution in [-0.2, 0) is 6.54 Å². The maximum atomic E-state index is 5.99. The first-order valence-corrected chi connectivity index (χ1v) is 8.01. The fourth-order valence-electron chi connectivity index (χ4n) is 2.28. The molecule has 0 bridgehead atoms. The van der Waals surface area contributed by atoms with Gasteiger partial charge in [0.05, 0.1) is 0 Å². The Morgan fingerprint density at radius 1 is 1.15 bits per heavy atom. The van der Waals surface area contributed by atoms with Crippen LogP contribution in [-0.4, -0.2) is 0 Å². The first-order valence-electron chi connectivity index (χ1n) is 6.84. The van der Waals surface area contributed by atoms with Crippen LogP contribution in [0, 0.1) is 6.92 Å². The second kappa shape index (κ2) is 7.26. The number of nitrogens with one attached hydrogen (secondary N) is 1. The molecule has 1 unspecified atom stereocenters. The Bertz CT molecular complexity index is 566. The zero-order valence-electron chi connectivity index (χ0n) is 11.8. The molecule has 0 spiro atoms. The van der Waals surface area contributed by atoms with Crippen molar-refractivity contribution < 1.29 is 0 Å². The quantitative estimate of drug-likeness (QED) is 0.733. The fourth-order valence-corrected chi connectivity index (χ4v) is 2.77. The monoisotopic (exact) mass is 351 g/mol. The molecule has 2 aromatic rings. The minimum atomic E-state index is 0.373. The zero-order chi connectivity index (χ0) is 14.5. The summed E-state index contributed by atoms with van der Waals surface area (Å²) >= 11 is 9.47. The highest BCUT2D eigenvalue weighted by atomic mass is 79.9. The van der Waals surface area contributed by atoms with E-state index in [-0.39, 0.29) is 0 Å². The molecule has 0 aliphatic rings. The van der Waals surface area contributed by atoms with Gasteiger partial charge in [0.15, 0.2) is 0 Å². The molecule has 3 heteroatoms. The van der Waals surface area contributed by atoms with Gasteiger partial charge in [-0.15, -0.1) is 0 Å². The molecule has 0 saturated heterocycles. The molecule has 106 valence electrons. The van der Waals surface area contributed by atoms with Crippen LogP contribution in [0.4, 0.5) is 0 Å². The van der Waals surface area contributed by atoms with Crippen molar-refractivity contribution in [2.75, 3.05) is 0 Å². The molecular weight excluding hydrogens is 334 g/mol. The van der Waals surface area contributed by atoms with Crippen LogP contribution < -0.4 is 5.32 Å². The molecule has 0 aliphatic carbocycles. The molecule has 20 heavy (non-hydrogen) atoms. The van der Waals surface area contributed by atoms with Gasteiger partial charge in [0, 0.05) is 22.1 Å². The lowest BCUT2D eigenvalue weighted by Gasteiger charge is -2.18. The number of aryl methyl sites for hydroxylation is 1. The Labute approximate surface area is 134 Å². The molecule has 0 fully saturated rings. The topological polar surface area (TPSA) is 12.0 Å². The summed E-state index contributed by atoms with van der Waals surface area (Å²) < 4.78 is 1.12. The van der Waals surface area contributed by atoms with Crippen molar-refractivity contribution in [2.24, 2.45) is 0 Å². The van der Waals surface area contributed by atoms with Gasteiger partial charge in [-0.05, 0) is 54.3 Å². The van der Waals surface area contributed by atoms with Crippen LogP contribution >= 0.6 is 27.5 Å². The van der Waals surface area contributed by atoms with Gasteiger partial charge in [-0.1, -0.05) is 52.7 Å².